The molecule has 0 bridgehead atoms. The van der Waals surface area contributed by atoms with Gasteiger partial charge in [0, 0.05) is 6.61 Å². The second kappa shape index (κ2) is 6.01. The van der Waals surface area contributed by atoms with E-state index in [-0.39, 0.29) is 0 Å². The SMILES string of the molecule is [C-]#[N+]c1ccc(OCCOCC)cc1. The van der Waals surface area contributed by atoms with E-state index < -0.39 is 0 Å². The van der Waals surface area contributed by atoms with Crippen molar-refractivity contribution in [3.05, 3.63) is 35.7 Å². The third-order valence-electron chi connectivity index (χ3n) is 1.67. The average Bonchev–Trinajstić information content (AvgIpc) is 2.25. The third kappa shape index (κ3) is 3.46. The van der Waals surface area contributed by atoms with Gasteiger partial charge in [0.1, 0.15) is 12.4 Å². The summed E-state index contributed by atoms with van der Waals surface area (Å²) in [5.74, 6) is 0.775. The fourth-order valence-electron chi connectivity index (χ4n) is 0.980. The fraction of sp³-hybridized carbons (Fsp3) is 0.364. The van der Waals surface area contributed by atoms with Crippen molar-refractivity contribution in [1.82, 2.24) is 0 Å². The van der Waals surface area contributed by atoms with Crippen LogP contribution in [0.2, 0.25) is 0 Å². The summed E-state index contributed by atoms with van der Waals surface area (Å²) in [6.07, 6.45) is 0. The van der Waals surface area contributed by atoms with Crippen LogP contribution in [0, 0.1) is 6.57 Å². The Bertz CT molecular complexity index is 300. The van der Waals surface area contributed by atoms with Crippen LogP contribution in [0.4, 0.5) is 5.69 Å². The number of hydrogen-bond acceptors (Lipinski definition) is 2. The molecule has 0 unspecified atom stereocenters. The van der Waals surface area contributed by atoms with Crippen LogP contribution in [0.25, 0.3) is 4.85 Å². The molecule has 0 N–H and O–H groups in total. The molecule has 3 nitrogen and oxygen atoms in total. The van der Waals surface area contributed by atoms with Crippen molar-refractivity contribution in [2.45, 2.75) is 6.92 Å². The standard InChI is InChI=1S/C11H13NO2/c1-3-13-8-9-14-11-6-4-10(12-2)5-7-11/h4-7H,3,8-9H2,1H3. The lowest BCUT2D eigenvalue weighted by Crippen LogP contribution is -2.05. The Labute approximate surface area is 84.1 Å². The molecule has 0 fully saturated rings. The van der Waals surface area contributed by atoms with Gasteiger partial charge in [-0.05, 0) is 19.1 Å². The fourth-order valence-corrected chi connectivity index (χ4v) is 0.980. The molecule has 74 valence electrons. The Kier molecular flexibility index (Phi) is 4.53. The van der Waals surface area contributed by atoms with E-state index in [4.69, 9.17) is 16.0 Å². The maximum absolute atomic E-state index is 6.77. The van der Waals surface area contributed by atoms with E-state index >= 15 is 0 Å². The van der Waals surface area contributed by atoms with E-state index in [1.54, 1.807) is 24.3 Å². The van der Waals surface area contributed by atoms with Crippen LogP contribution in [0.15, 0.2) is 24.3 Å². The highest BCUT2D eigenvalue weighted by atomic mass is 16.5. The van der Waals surface area contributed by atoms with Gasteiger partial charge in [-0.15, -0.1) is 0 Å². The quantitative estimate of drug-likeness (QED) is 0.527. The van der Waals surface area contributed by atoms with Gasteiger partial charge >= 0.3 is 0 Å². The van der Waals surface area contributed by atoms with E-state index in [9.17, 15) is 0 Å². The van der Waals surface area contributed by atoms with Crippen LogP contribution < -0.4 is 4.74 Å². The smallest absolute Gasteiger partial charge is 0.187 e. The Morgan fingerprint density at radius 3 is 2.50 bits per heavy atom. The number of benzene rings is 1. The van der Waals surface area contributed by atoms with E-state index in [2.05, 4.69) is 4.85 Å². The number of nitrogens with zero attached hydrogens (tertiary/aromatic N) is 1. The highest BCUT2D eigenvalue weighted by Crippen LogP contribution is 2.17. The number of hydrogen-bond donors (Lipinski definition) is 0. The van der Waals surface area contributed by atoms with Gasteiger partial charge in [-0.2, -0.15) is 0 Å². The molecule has 0 saturated carbocycles. The van der Waals surface area contributed by atoms with Crippen molar-refractivity contribution >= 4 is 5.69 Å². The molecule has 0 saturated heterocycles. The van der Waals surface area contributed by atoms with Gasteiger partial charge in [0.25, 0.3) is 0 Å². The molecule has 0 aromatic heterocycles. The van der Waals surface area contributed by atoms with E-state index in [0.717, 1.165) is 5.75 Å². The first-order valence-corrected chi connectivity index (χ1v) is 4.55. The van der Waals surface area contributed by atoms with Crippen LogP contribution in [0.1, 0.15) is 6.92 Å². The summed E-state index contributed by atoms with van der Waals surface area (Å²) < 4.78 is 10.5. The summed E-state index contributed by atoms with van der Waals surface area (Å²) in [7, 11) is 0. The highest BCUT2D eigenvalue weighted by molar-refractivity contribution is 5.46. The molecule has 3 heteroatoms. The van der Waals surface area contributed by atoms with Crippen LogP contribution in [0.5, 0.6) is 5.75 Å². The monoisotopic (exact) mass is 191 g/mol. The molecule has 0 heterocycles. The molecule has 0 aliphatic carbocycles. The van der Waals surface area contributed by atoms with E-state index in [1.807, 2.05) is 6.92 Å². The molecule has 0 radical (unpaired) electrons. The summed E-state index contributed by atoms with van der Waals surface area (Å²) in [5.41, 5.74) is 0.627. The van der Waals surface area contributed by atoms with Crippen molar-refractivity contribution in [1.29, 1.82) is 0 Å². The van der Waals surface area contributed by atoms with Gasteiger partial charge in [0.15, 0.2) is 5.69 Å². The first kappa shape index (κ1) is 10.6. The summed E-state index contributed by atoms with van der Waals surface area (Å²) in [6.45, 7) is 10.6. The molecule has 0 amide bonds. The lowest BCUT2D eigenvalue weighted by atomic mass is 10.3. The molecule has 0 aliphatic heterocycles. The lowest BCUT2D eigenvalue weighted by molar-refractivity contribution is 0.110. The molecular weight excluding hydrogens is 178 g/mol. The van der Waals surface area contributed by atoms with Gasteiger partial charge in [0.05, 0.1) is 13.2 Å². The maximum atomic E-state index is 6.77. The van der Waals surface area contributed by atoms with Gasteiger partial charge in [0.2, 0.25) is 0 Å². The van der Waals surface area contributed by atoms with Crippen molar-refractivity contribution in [3.8, 4) is 5.75 Å². The van der Waals surface area contributed by atoms with Crippen LogP contribution in [0.3, 0.4) is 0 Å². The molecule has 0 aliphatic rings. The lowest BCUT2D eigenvalue weighted by Gasteiger charge is -2.05. The van der Waals surface area contributed by atoms with Crippen LogP contribution in [-0.2, 0) is 4.74 Å². The Morgan fingerprint density at radius 2 is 1.93 bits per heavy atom. The van der Waals surface area contributed by atoms with Crippen molar-refractivity contribution in [2.75, 3.05) is 19.8 Å². The molecular formula is C11H13NO2. The molecule has 14 heavy (non-hydrogen) atoms. The maximum Gasteiger partial charge on any atom is 0.187 e. The first-order valence-electron chi connectivity index (χ1n) is 4.55. The number of rotatable bonds is 5. The minimum atomic E-state index is 0.547. The normalized spacial score (nSPS) is 9.43. The zero-order valence-electron chi connectivity index (χ0n) is 8.19. The average molecular weight is 191 g/mol. The molecule has 0 atom stereocenters. The first-order chi connectivity index (χ1) is 6.86. The van der Waals surface area contributed by atoms with Crippen molar-refractivity contribution < 1.29 is 9.47 Å². The van der Waals surface area contributed by atoms with Crippen molar-refractivity contribution in [2.24, 2.45) is 0 Å². The zero-order chi connectivity index (χ0) is 10.2. The molecule has 1 aromatic carbocycles. The van der Waals surface area contributed by atoms with Gasteiger partial charge < -0.3 is 9.47 Å². The summed E-state index contributed by atoms with van der Waals surface area (Å²) in [5, 5.41) is 0. The second-order valence-corrected chi connectivity index (χ2v) is 2.65. The summed E-state index contributed by atoms with van der Waals surface area (Å²) in [6, 6.07) is 7.06. The molecule has 0 spiro atoms. The minimum Gasteiger partial charge on any atom is -0.491 e. The largest absolute Gasteiger partial charge is 0.491 e. The molecule has 1 rings (SSSR count). The summed E-state index contributed by atoms with van der Waals surface area (Å²) in [4.78, 5) is 3.29. The minimum absolute atomic E-state index is 0.547. The predicted octanol–water partition coefficient (Wildman–Crippen LogP) is 2.65. The third-order valence-corrected chi connectivity index (χ3v) is 1.67. The van der Waals surface area contributed by atoms with Crippen molar-refractivity contribution in [3.63, 3.8) is 0 Å². The van der Waals surface area contributed by atoms with Crippen LogP contribution in [-0.4, -0.2) is 19.8 Å². The second-order valence-electron chi connectivity index (χ2n) is 2.65. The topological polar surface area (TPSA) is 22.8 Å². The predicted molar refractivity (Wildman–Crippen MR) is 54.7 cm³/mol. The van der Waals surface area contributed by atoms with Gasteiger partial charge in [-0.1, -0.05) is 12.1 Å². The highest BCUT2D eigenvalue weighted by Gasteiger charge is 1.93. The Hall–Kier alpha value is -1.53. The van der Waals surface area contributed by atoms with Gasteiger partial charge in [-0.3, -0.25) is 0 Å². The zero-order valence-corrected chi connectivity index (χ0v) is 8.19. The molecule has 1 aromatic rings. The van der Waals surface area contributed by atoms with Gasteiger partial charge in [-0.25, -0.2) is 4.85 Å². The Morgan fingerprint density at radius 1 is 1.21 bits per heavy atom. The van der Waals surface area contributed by atoms with Crippen LogP contribution >= 0.6 is 0 Å². The summed E-state index contributed by atoms with van der Waals surface area (Å²) >= 11 is 0. The van der Waals surface area contributed by atoms with E-state index in [1.165, 1.54) is 0 Å². The Balaban J connectivity index is 2.33. The number of ether oxygens (including phenoxy) is 2. The van der Waals surface area contributed by atoms with E-state index in [0.29, 0.717) is 25.5 Å².